The van der Waals surface area contributed by atoms with Crippen LogP contribution < -0.4 is 0 Å². The van der Waals surface area contributed by atoms with Crippen LogP contribution in [0.2, 0.25) is 0 Å². The minimum absolute atomic E-state index is 0.199. The van der Waals surface area contributed by atoms with Crippen LogP contribution in [0.15, 0.2) is 24.1 Å². The summed E-state index contributed by atoms with van der Waals surface area (Å²) in [6, 6.07) is 0.199. The zero-order valence-electron chi connectivity index (χ0n) is 7.12. The molecule has 11 heavy (non-hydrogen) atoms. The summed E-state index contributed by atoms with van der Waals surface area (Å²) in [5.41, 5.74) is 0. The summed E-state index contributed by atoms with van der Waals surface area (Å²) in [4.78, 5) is 2.13. The maximum Gasteiger partial charge on any atom is 0.115 e. The molecule has 1 aliphatic heterocycles. The van der Waals surface area contributed by atoms with Gasteiger partial charge >= 0.3 is 0 Å². The van der Waals surface area contributed by atoms with E-state index < -0.39 is 0 Å². The van der Waals surface area contributed by atoms with Crippen LogP contribution in [0.5, 0.6) is 0 Å². The zero-order valence-corrected chi connectivity index (χ0v) is 7.12. The van der Waals surface area contributed by atoms with Crippen molar-refractivity contribution in [3.05, 3.63) is 24.1 Å². The van der Waals surface area contributed by atoms with Gasteiger partial charge in [-0.15, -0.1) is 0 Å². The molecule has 0 amide bonds. The molecule has 0 saturated heterocycles. The Hall–Kier alpha value is -0.920. The number of rotatable bonds is 2. The van der Waals surface area contributed by atoms with Gasteiger partial charge in [-0.25, -0.2) is 0 Å². The molecular formula is C9H15NO. The molecule has 1 rings (SSSR count). The van der Waals surface area contributed by atoms with Gasteiger partial charge in [0.05, 0.1) is 6.04 Å². The maximum absolute atomic E-state index is 9.44. The highest BCUT2D eigenvalue weighted by atomic mass is 16.3. The first-order chi connectivity index (χ1) is 5.29. The van der Waals surface area contributed by atoms with Crippen LogP contribution >= 0.6 is 0 Å². The normalized spacial score (nSPS) is 23.6. The van der Waals surface area contributed by atoms with Gasteiger partial charge in [0, 0.05) is 6.54 Å². The standard InChI is InChI=1S/C9H15NO/c1-3-8-9(11)6-5-7-10(8)4-2/h5-8,11H,3-4H2,1-2H3. The molecule has 0 aliphatic carbocycles. The molecule has 0 bridgehead atoms. The molecular weight excluding hydrogens is 138 g/mol. The molecule has 2 nitrogen and oxygen atoms in total. The Kier molecular flexibility index (Phi) is 2.58. The molecule has 1 heterocycles. The van der Waals surface area contributed by atoms with Crippen LogP contribution in [0, 0.1) is 0 Å². The van der Waals surface area contributed by atoms with Crippen LogP contribution in [0.4, 0.5) is 0 Å². The van der Waals surface area contributed by atoms with E-state index in [1.54, 1.807) is 6.08 Å². The quantitative estimate of drug-likeness (QED) is 0.656. The second-order valence-corrected chi connectivity index (χ2v) is 2.69. The molecule has 0 spiro atoms. The minimum atomic E-state index is 0.199. The number of aliphatic hydroxyl groups is 1. The predicted molar refractivity (Wildman–Crippen MR) is 46.3 cm³/mol. The van der Waals surface area contributed by atoms with E-state index in [4.69, 9.17) is 0 Å². The van der Waals surface area contributed by atoms with Gasteiger partial charge in [-0.1, -0.05) is 6.92 Å². The fourth-order valence-electron chi connectivity index (χ4n) is 1.41. The van der Waals surface area contributed by atoms with Gasteiger partial charge in [-0.3, -0.25) is 0 Å². The molecule has 1 atom stereocenters. The molecule has 1 N–H and O–H groups in total. The molecule has 0 fully saturated rings. The lowest BCUT2D eigenvalue weighted by Crippen LogP contribution is -2.33. The van der Waals surface area contributed by atoms with Crippen molar-refractivity contribution in [1.29, 1.82) is 0 Å². The maximum atomic E-state index is 9.44. The Morgan fingerprint density at radius 2 is 2.27 bits per heavy atom. The van der Waals surface area contributed by atoms with Crippen molar-refractivity contribution >= 4 is 0 Å². The van der Waals surface area contributed by atoms with Crippen LogP contribution in [0.25, 0.3) is 0 Å². The summed E-state index contributed by atoms with van der Waals surface area (Å²) in [6.07, 6.45) is 6.62. The highest BCUT2D eigenvalue weighted by Crippen LogP contribution is 2.16. The van der Waals surface area contributed by atoms with Gasteiger partial charge in [0.15, 0.2) is 0 Å². The first-order valence-electron chi connectivity index (χ1n) is 4.12. The van der Waals surface area contributed by atoms with E-state index in [0.717, 1.165) is 13.0 Å². The largest absolute Gasteiger partial charge is 0.510 e. The van der Waals surface area contributed by atoms with Crippen molar-refractivity contribution in [2.24, 2.45) is 0 Å². The Morgan fingerprint density at radius 1 is 1.55 bits per heavy atom. The third-order valence-electron chi connectivity index (χ3n) is 2.04. The lowest BCUT2D eigenvalue weighted by molar-refractivity contribution is 0.229. The lowest BCUT2D eigenvalue weighted by atomic mass is 10.1. The Labute approximate surface area is 67.8 Å². The average molecular weight is 153 g/mol. The Morgan fingerprint density at radius 3 is 2.73 bits per heavy atom. The zero-order chi connectivity index (χ0) is 8.27. The number of hydrogen-bond donors (Lipinski definition) is 1. The second-order valence-electron chi connectivity index (χ2n) is 2.69. The molecule has 2 heteroatoms. The number of nitrogens with zero attached hydrogens (tertiary/aromatic N) is 1. The van der Waals surface area contributed by atoms with Crippen molar-refractivity contribution in [3.63, 3.8) is 0 Å². The molecule has 0 radical (unpaired) electrons. The first kappa shape index (κ1) is 8.18. The van der Waals surface area contributed by atoms with Crippen molar-refractivity contribution in [2.45, 2.75) is 26.3 Å². The molecule has 1 aliphatic rings. The lowest BCUT2D eigenvalue weighted by Gasteiger charge is -2.30. The number of allylic oxidation sites excluding steroid dienone is 2. The molecule has 0 aromatic rings. The molecule has 0 saturated carbocycles. The molecule has 1 unspecified atom stereocenters. The Bertz CT molecular complexity index is 184. The van der Waals surface area contributed by atoms with Crippen LogP contribution in [-0.2, 0) is 0 Å². The van der Waals surface area contributed by atoms with Crippen LogP contribution in [-0.4, -0.2) is 22.6 Å². The predicted octanol–water partition coefficient (Wildman–Crippen LogP) is 2.06. The molecule has 62 valence electrons. The molecule has 0 aromatic heterocycles. The van der Waals surface area contributed by atoms with E-state index in [1.807, 2.05) is 12.3 Å². The van der Waals surface area contributed by atoms with E-state index in [-0.39, 0.29) is 6.04 Å². The van der Waals surface area contributed by atoms with Gasteiger partial charge in [0.1, 0.15) is 5.76 Å². The van der Waals surface area contributed by atoms with Crippen molar-refractivity contribution in [3.8, 4) is 0 Å². The summed E-state index contributed by atoms with van der Waals surface area (Å²) in [5.74, 6) is 0.483. The number of hydrogen-bond acceptors (Lipinski definition) is 2. The number of aliphatic hydroxyl groups excluding tert-OH is 1. The number of likely N-dealkylation sites (N-methyl/N-ethyl adjacent to an activating group) is 1. The van der Waals surface area contributed by atoms with Crippen LogP contribution in [0.3, 0.4) is 0 Å². The summed E-state index contributed by atoms with van der Waals surface area (Å²) < 4.78 is 0. The minimum Gasteiger partial charge on any atom is -0.510 e. The van der Waals surface area contributed by atoms with E-state index in [9.17, 15) is 5.11 Å². The highest BCUT2D eigenvalue weighted by molar-refractivity contribution is 5.17. The SMILES string of the molecule is CCC1C(O)=CC=CN1CC. The van der Waals surface area contributed by atoms with Gasteiger partial charge in [0.2, 0.25) is 0 Å². The van der Waals surface area contributed by atoms with E-state index >= 15 is 0 Å². The summed E-state index contributed by atoms with van der Waals surface area (Å²) in [7, 11) is 0. The fraction of sp³-hybridized carbons (Fsp3) is 0.556. The second kappa shape index (κ2) is 3.46. The van der Waals surface area contributed by atoms with Crippen LogP contribution in [0.1, 0.15) is 20.3 Å². The summed E-state index contributed by atoms with van der Waals surface area (Å²) >= 11 is 0. The van der Waals surface area contributed by atoms with E-state index in [0.29, 0.717) is 5.76 Å². The molecule has 0 aromatic carbocycles. The van der Waals surface area contributed by atoms with Gasteiger partial charge in [0.25, 0.3) is 0 Å². The first-order valence-corrected chi connectivity index (χ1v) is 4.12. The van der Waals surface area contributed by atoms with Gasteiger partial charge < -0.3 is 10.0 Å². The van der Waals surface area contributed by atoms with Crippen molar-refractivity contribution in [2.75, 3.05) is 6.54 Å². The summed E-state index contributed by atoms with van der Waals surface area (Å²) in [5, 5.41) is 9.44. The Balaban J connectivity index is 2.70. The monoisotopic (exact) mass is 153 g/mol. The average Bonchev–Trinajstić information content (AvgIpc) is 2.04. The van der Waals surface area contributed by atoms with E-state index in [1.165, 1.54) is 0 Å². The summed E-state index contributed by atoms with van der Waals surface area (Å²) in [6.45, 7) is 5.12. The highest BCUT2D eigenvalue weighted by Gasteiger charge is 2.17. The van der Waals surface area contributed by atoms with Gasteiger partial charge in [-0.05, 0) is 31.7 Å². The fourth-order valence-corrected chi connectivity index (χ4v) is 1.41. The van der Waals surface area contributed by atoms with Crippen molar-refractivity contribution < 1.29 is 5.11 Å². The van der Waals surface area contributed by atoms with E-state index in [2.05, 4.69) is 18.7 Å². The topological polar surface area (TPSA) is 23.5 Å². The third-order valence-corrected chi connectivity index (χ3v) is 2.04. The smallest absolute Gasteiger partial charge is 0.115 e. The third kappa shape index (κ3) is 1.56. The van der Waals surface area contributed by atoms with Gasteiger partial charge in [-0.2, -0.15) is 0 Å². The van der Waals surface area contributed by atoms with Crippen molar-refractivity contribution in [1.82, 2.24) is 4.90 Å².